The largest absolute Gasteiger partial charge is 0.550 e. The van der Waals surface area contributed by atoms with Gasteiger partial charge in [-0.05, 0) is 61.8 Å². The molecule has 0 radical (unpaired) electrons. The Morgan fingerprint density at radius 2 is 1.89 bits per heavy atom. The molecule has 27 heavy (non-hydrogen) atoms. The van der Waals surface area contributed by atoms with Crippen LogP contribution in [0.15, 0.2) is 0 Å². The third kappa shape index (κ3) is 3.06. The highest BCUT2D eigenvalue weighted by atomic mass is 32.1. The maximum Gasteiger partial charge on any atom is 0.251 e. The molecule has 0 saturated heterocycles. The molecule has 0 unspecified atom stereocenters. The average Bonchev–Trinajstić information content (AvgIpc) is 3.32. The molecule has 3 aliphatic carbocycles. The molecule has 2 saturated carbocycles. The standard InChI is InChI=1S/C20H26N2O4S/c1-2-9-3-6-12-13(7-9)27-19(16(12)17(21)23)22-18(24)14-10-4-5-11(8-10)15(14)20(25)26/h9-11,14-15H,2-8H2,1H3,(H2,21,23)(H,22,24)(H,25,26)/p-1/t9-,10+,11+,14-,15-/m0/s1. The van der Waals surface area contributed by atoms with Gasteiger partial charge in [0.1, 0.15) is 5.00 Å². The molecule has 0 aliphatic heterocycles. The predicted molar refractivity (Wildman–Crippen MR) is 100 cm³/mol. The van der Waals surface area contributed by atoms with Gasteiger partial charge in [0.2, 0.25) is 5.91 Å². The minimum Gasteiger partial charge on any atom is -0.550 e. The number of carbonyl (C=O) groups is 3. The molecule has 6 nitrogen and oxygen atoms in total. The van der Waals surface area contributed by atoms with Crippen LogP contribution in [0.5, 0.6) is 0 Å². The molecule has 1 aromatic heterocycles. The molecule has 146 valence electrons. The van der Waals surface area contributed by atoms with Gasteiger partial charge in [0.15, 0.2) is 0 Å². The molecule has 4 rings (SSSR count). The summed E-state index contributed by atoms with van der Waals surface area (Å²) in [4.78, 5) is 37.8. The van der Waals surface area contributed by atoms with Crippen molar-refractivity contribution in [1.82, 2.24) is 0 Å². The van der Waals surface area contributed by atoms with Crippen LogP contribution < -0.4 is 16.2 Å². The predicted octanol–water partition coefficient (Wildman–Crippen LogP) is 1.71. The van der Waals surface area contributed by atoms with Crippen molar-refractivity contribution in [3.8, 4) is 0 Å². The SMILES string of the molecule is CC[C@H]1CCc2c(sc(NC(=O)[C@H]3[C@@H]4CC[C@H](C4)[C@@H]3C(=O)[O-])c2C(N)=O)C1. The third-order valence-corrected chi connectivity index (χ3v) is 8.09. The Bertz CT molecular complexity index is 802. The number of nitrogens with two attached hydrogens (primary N) is 1. The minimum atomic E-state index is -1.13. The van der Waals surface area contributed by atoms with E-state index in [1.807, 2.05) is 0 Å². The number of carbonyl (C=O) groups excluding carboxylic acids is 3. The Morgan fingerprint density at radius 1 is 1.19 bits per heavy atom. The molecule has 7 heteroatoms. The van der Waals surface area contributed by atoms with Crippen molar-refractivity contribution in [2.45, 2.75) is 51.9 Å². The summed E-state index contributed by atoms with van der Waals surface area (Å²) in [6.07, 6.45) is 6.32. The topological polar surface area (TPSA) is 112 Å². The smallest absolute Gasteiger partial charge is 0.251 e. The van der Waals surface area contributed by atoms with Crippen molar-refractivity contribution in [3.05, 3.63) is 16.0 Å². The second-order valence-corrected chi connectivity index (χ2v) is 9.39. The number of fused-ring (bicyclic) bond motifs is 3. The first-order valence-electron chi connectivity index (χ1n) is 9.86. The van der Waals surface area contributed by atoms with Gasteiger partial charge >= 0.3 is 0 Å². The lowest BCUT2D eigenvalue weighted by atomic mass is 9.78. The van der Waals surface area contributed by atoms with E-state index in [1.165, 1.54) is 11.3 Å². The number of carboxylic acid groups (broad SMARTS) is 1. The summed E-state index contributed by atoms with van der Waals surface area (Å²) in [5, 5.41) is 15.0. The Balaban J connectivity index is 1.61. The molecular formula is C20H25N2O4S-. The number of thiophene rings is 1. The summed E-state index contributed by atoms with van der Waals surface area (Å²) in [5.41, 5.74) is 7.02. The van der Waals surface area contributed by atoms with Crippen molar-refractivity contribution in [2.24, 2.45) is 35.3 Å². The Labute approximate surface area is 162 Å². The number of primary amides is 1. The van der Waals surface area contributed by atoms with E-state index in [9.17, 15) is 19.5 Å². The number of hydrogen-bond donors (Lipinski definition) is 2. The van der Waals surface area contributed by atoms with Crippen LogP contribution in [-0.2, 0) is 22.4 Å². The van der Waals surface area contributed by atoms with Gasteiger partial charge in [0.05, 0.1) is 5.56 Å². The highest BCUT2D eigenvalue weighted by Crippen LogP contribution is 2.52. The summed E-state index contributed by atoms with van der Waals surface area (Å²) >= 11 is 1.43. The molecule has 0 spiro atoms. The van der Waals surface area contributed by atoms with Crippen LogP contribution in [-0.4, -0.2) is 17.8 Å². The first kappa shape index (κ1) is 18.5. The van der Waals surface area contributed by atoms with E-state index >= 15 is 0 Å². The molecule has 2 fully saturated rings. The Hall–Kier alpha value is -1.89. The van der Waals surface area contributed by atoms with Gasteiger partial charge in [-0.1, -0.05) is 13.3 Å². The van der Waals surface area contributed by atoms with Crippen molar-refractivity contribution >= 4 is 34.1 Å². The maximum atomic E-state index is 13.0. The molecular weight excluding hydrogens is 364 g/mol. The number of carboxylic acids is 1. The molecule has 5 atom stereocenters. The maximum absolute atomic E-state index is 13.0. The second kappa shape index (κ2) is 6.93. The highest BCUT2D eigenvalue weighted by molar-refractivity contribution is 7.17. The summed E-state index contributed by atoms with van der Waals surface area (Å²) < 4.78 is 0. The van der Waals surface area contributed by atoms with Crippen LogP contribution in [0.25, 0.3) is 0 Å². The average molecular weight is 389 g/mol. The Morgan fingerprint density at radius 3 is 2.52 bits per heavy atom. The fourth-order valence-electron chi connectivity index (χ4n) is 5.55. The van der Waals surface area contributed by atoms with Crippen LogP contribution in [0.3, 0.4) is 0 Å². The van der Waals surface area contributed by atoms with Crippen molar-refractivity contribution in [1.29, 1.82) is 0 Å². The molecule has 1 aromatic rings. The lowest BCUT2D eigenvalue weighted by Crippen LogP contribution is -2.44. The fourth-order valence-corrected chi connectivity index (χ4v) is 6.92. The zero-order valence-electron chi connectivity index (χ0n) is 15.5. The summed E-state index contributed by atoms with van der Waals surface area (Å²) in [6, 6.07) is 0. The monoisotopic (exact) mass is 389 g/mol. The summed E-state index contributed by atoms with van der Waals surface area (Å²) in [7, 11) is 0. The van der Waals surface area contributed by atoms with E-state index in [4.69, 9.17) is 5.73 Å². The molecule has 3 aliphatic rings. The van der Waals surface area contributed by atoms with E-state index in [-0.39, 0.29) is 17.7 Å². The molecule has 1 heterocycles. The quantitative estimate of drug-likeness (QED) is 0.798. The molecule has 2 amide bonds. The number of aliphatic carboxylic acids is 1. The first-order valence-corrected chi connectivity index (χ1v) is 10.7. The third-order valence-electron chi connectivity index (χ3n) is 6.92. The second-order valence-electron chi connectivity index (χ2n) is 8.28. The summed E-state index contributed by atoms with van der Waals surface area (Å²) in [6.45, 7) is 2.16. The van der Waals surface area contributed by atoms with Crippen LogP contribution >= 0.6 is 11.3 Å². The van der Waals surface area contributed by atoms with E-state index in [0.29, 0.717) is 16.5 Å². The van der Waals surface area contributed by atoms with E-state index in [1.54, 1.807) is 0 Å². The van der Waals surface area contributed by atoms with Crippen molar-refractivity contribution < 1.29 is 19.5 Å². The van der Waals surface area contributed by atoms with Crippen LogP contribution in [0, 0.1) is 29.6 Å². The van der Waals surface area contributed by atoms with E-state index in [2.05, 4.69) is 12.2 Å². The lowest BCUT2D eigenvalue weighted by molar-refractivity contribution is -0.314. The normalized spacial score (nSPS) is 31.5. The van der Waals surface area contributed by atoms with Gasteiger partial charge in [-0.25, -0.2) is 0 Å². The van der Waals surface area contributed by atoms with Gasteiger partial charge in [-0.15, -0.1) is 11.3 Å². The summed E-state index contributed by atoms with van der Waals surface area (Å²) in [5.74, 6) is -2.53. The number of nitrogens with one attached hydrogen (secondary N) is 1. The van der Waals surface area contributed by atoms with E-state index in [0.717, 1.165) is 55.4 Å². The Kier molecular flexibility index (Phi) is 4.74. The zero-order valence-corrected chi connectivity index (χ0v) is 16.3. The molecule has 0 aromatic carbocycles. The fraction of sp³-hybridized carbons (Fsp3) is 0.650. The number of hydrogen-bond acceptors (Lipinski definition) is 5. The number of amides is 2. The van der Waals surface area contributed by atoms with Crippen LogP contribution in [0.1, 0.15) is 59.8 Å². The molecule has 2 bridgehead atoms. The molecule has 3 N–H and O–H groups in total. The number of rotatable bonds is 5. The van der Waals surface area contributed by atoms with Gasteiger partial charge in [-0.2, -0.15) is 0 Å². The highest BCUT2D eigenvalue weighted by Gasteiger charge is 2.51. The van der Waals surface area contributed by atoms with Gasteiger partial charge < -0.3 is 21.0 Å². The lowest BCUT2D eigenvalue weighted by Gasteiger charge is -2.30. The van der Waals surface area contributed by atoms with Gasteiger partial charge in [0, 0.05) is 22.7 Å². The number of anilines is 1. The van der Waals surface area contributed by atoms with Crippen molar-refractivity contribution in [3.63, 3.8) is 0 Å². The van der Waals surface area contributed by atoms with Gasteiger partial charge in [0.25, 0.3) is 5.91 Å². The van der Waals surface area contributed by atoms with Crippen LogP contribution in [0.4, 0.5) is 5.00 Å². The van der Waals surface area contributed by atoms with E-state index < -0.39 is 23.7 Å². The minimum absolute atomic E-state index is 0.0354. The van der Waals surface area contributed by atoms with Crippen molar-refractivity contribution in [2.75, 3.05) is 5.32 Å². The zero-order chi connectivity index (χ0) is 19.3. The van der Waals surface area contributed by atoms with Gasteiger partial charge in [-0.3, -0.25) is 9.59 Å². The van der Waals surface area contributed by atoms with Crippen LogP contribution in [0.2, 0.25) is 0 Å². The first-order chi connectivity index (χ1) is 12.9.